The first-order valence-corrected chi connectivity index (χ1v) is 6.27. The summed E-state index contributed by atoms with van der Waals surface area (Å²) in [5, 5.41) is 11.5. The molecule has 88 valence electrons. The second-order valence-corrected chi connectivity index (χ2v) is 5.30. The van der Waals surface area contributed by atoms with Crippen molar-refractivity contribution in [3.63, 3.8) is 0 Å². The van der Waals surface area contributed by atoms with E-state index in [4.69, 9.17) is 11.6 Å². The van der Waals surface area contributed by atoms with E-state index < -0.39 is 0 Å². The Labute approximate surface area is 102 Å². The molecule has 0 bridgehead atoms. The minimum Gasteiger partial charge on any atom is -0.381 e. The molecule has 3 unspecified atom stereocenters. The van der Waals surface area contributed by atoms with Crippen LogP contribution in [0, 0.1) is 11.8 Å². The Hall–Kier alpha value is -0.830. The smallest absolute Gasteiger partial charge is 0.153 e. The van der Waals surface area contributed by atoms with Gasteiger partial charge in [0.15, 0.2) is 5.15 Å². The molecule has 1 saturated carbocycles. The fourth-order valence-corrected chi connectivity index (χ4v) is 2.67. The van der Waals surface area contributed by atoms with E-state index in [1.807, 2.05) is 6.07 Å². The first kappa shape index (κ1) is 11.6. The van der Waals surface area contributed by atoms with E-state index in [0.29, 0.717) is 17.1 Å². The maximum Gasteiger partial charge on any atom is 0.153 e. The largest absolute Gasteiger partial charge is 0.381 e. The zero-order valence-corrected chi connectivity index (χ0v) is 10.5. The molecule has 1 aromatic heterocycles. The summed E-state index contributed by atoms with van der Waals surface area (Å²) in [4.78, 5) is 0. The topological polar surface area (TPSA) is 37.8 Å². The van der Waals surface area contributed by atoms with Crippen LogP contribution >= 0.6 is 11.6 Å². The van der Waals surface area contributed by atoms with Gasteiger partial charge in [-0.1, -0.05) is 25.4 Å². The molecule has 1 aromatic rings. The summed E-state index contributed by atoms with van der Waals surface area (Å²) in [5.74, 6) is 1.56. The van der Waals surface area contributed by atoms with Crippen molar-refractivity contribution in [1.29, 1.82) is 0 Å². The molecule has 0 saturated heterocycles. The van der Waals surface area contributed by atoms with E-state index in [-0.39, 0.29) is 0 Å². The molecule has 4 heteroatoms. The number of nitrogens with zero attached hydrogens (tertiary/aromatic N) is 2. The number of nitrogens with one attached hydrogen (secondary N) is 1. The van der Waals surface area contributed by atoms with Crippen LogP contribution in [-0.2, 0) is 0 Å². The summed E-state index contributed by atoms with van der Waals surface area (Å²) >= 11 is 5.81. The Morgan fingerprint density at radius 3 is 2.88 bits per heavy atom. The molecule has 1 aliphatic carbocycles. The first-order chi connectivity index (χ1) is 7.65. The molecule has 0 aromatic carbocycles. The van der Waals surface area contributed by atoms with Crippen LogP contribution in [0.5, 0.6) is 0 Å². The molecular weight excluding hydrogens is 222 g/mol. The minimum atomic E-state index is 0.446. The minimum absolute atomic E-state index is 0.446. The van der Waals surface area contributed by atoms with Crippen molar-refractivity contribution >= 4 is 17.3 Å². The average molecular weight is 240 g/mol. The van der Waals surface area contributed by atoms with Gasteiger partial charge in [0.25, 0.3) is 0 Å². The van der Waals surface area contributed by atoms with Gasteiger partial charge in [-0.2, -0.15) is 5.10 Å². The molecule has 1 fully saturated rings. The zero-order chi connectivity index (χ0) is 11.5. The number of hydrogen-bond donors (Lipinski definition) is 1. The Balaban J connectivity index is 1.99. The van der Waals surface area contributed by atoms with Crippen LogP contribution in [-0.4, -0.2) is 16.2 Å². The number of hydrogen-bond acceptors (Lipinski definition) is 3. The molecule has 16 heavy (non-hydrogen) atoms. The third-order valence-electron chi connectivity index (χ3n) is 3.41. The lowest BCUT2D eigenvalue weighted by atomic mass is 9.80. The predicted octanol–water partition coefficient (Wildman–Crippen LogP) is 3.37. The number of aromatic nitrogens is 2. The lowest BCUT2D eigenvalue weighted by Crippen LogP contribution is -2.33. The summed E-state index contributed by atoms with van der Waals surface area (Å²) < 4.78 is 0. The van der Waals surface area contributed by atoms with Gasteiger partial charge in [0.05, 0.1) is 11.9 Å². The fourth-order valence-electron chi connectivity index (χ4n) is 2.51. The van der Waals surface area contributed by atoms with Crippen molar-refractivity contribution < 1.29 is 0 Å². The Morgan fingerprint density at radius 1 is 1.38 bits per heavy atom. The SMILES string of the molecule is CC1CCC(Nc2cnnc(Cl)c2)C(C)C1. The average Bonchev–Trinajstić information content (AvgIpc) is 2.22. The molecule has 0 spiro atoms. The van der Waals surface area contributed by atoms with Gasteiger partial charge < -0.3 is 5.32 Å². The Kier molecular flexibility index (Phi) is 3.64. The van der Waals surface area contributed by atoms with E-state index in [2.05, 4.69) is 29.4 Å². The highest BCUT2D eigenvalue weighted by Crippen LogP contribution is 2.30. The third kappa shape index (κ3) is 2.85. The third-order valence-corrected chi connectivity index (χ3v) is 3.59. The van der Waals surface area contributed by atoms with E-state index in [1.54, 1.807) is 6.20 Å². The summed E-state index contributed by atoms with van der Waals surface area (Å²) in [7, 11) is 0. The molecule has 0 aliphatic heterocycles. The second kappa shape index (κ2) is 5.00. The maximum atomic E-state index is 5.81. The lowest BCUT2D eigenvalue weighted by molar-refractivity contribution is 0.276. The monoisotopic (exact) mass is 239 g/mol. The number of halogens is 1. The van der Waals surface area contributed by atoms with Crippen molar-refractivity contribution in [3.05, 3.63) is 17.4 Å². The molecule has 3 nitrogen and oxygen atoms in total. The molecule has 0 radical (unpaired) electrons. The highest BCUT2D eigenvalue weighted by molar-refractivity contribution is 6.29. The van der Waals surface area contributed by atoms with Crippen molar-refractivity contribution in [2.75, 3.05) is 5.32 Å². The quantitative estimate of drug-likeness (QED) is 0.860. The van der Waals surface area contributed by atoms with Gasteiger partial charge in [-0.3, -0.25) is 0 Å². The number of anilines is 1. The summed E-state index contributed by atoms with van der Waals surface area (Å²) in [5.41, 5.74) is 0.978. The standard InChI is InChI=1S/C12H18ClN3/c1-8-3-4-11(9(2)5-8)15-10-6-12(13)16-14-7-10/h6-9,11H,3-5H2,1-2H3,(H,15,16). The van der Waals surface area contributed by atoms with Crippen LogP contribution in [0.15, 0.2) is 12.3 Å². The van der Waals surface area contributed by atoms with E-state index in [9.17, 15) is 0 Å². The molecule has 2 rings (SSSR count). The van der Waals surface area contributed by atoms with Gasteiger partial charge in [-0.15, -0.1) is 5.10 Å². The van der Waals surface area contributed by atoms with Crippen LogP contribution in [0.4, 0.5) is 5.69 Å². The molecule has 3 atom stereocenters. The molecule has 1 N–H and O–H groups in total. The Bertz CT molecular complexity index is 356. The normalized spacial score (nSPS) is 30.1. The first-order valence-electron chi connectivity index (χ1n) is 5.90. The van der Waals surface area contributed by atoms with Crippen molar-refractivity contribution in [2.45, 2.75) is 39.2 Å². The highest BCUT2D eigenvalue weighted by Gasteiger charge is 2.25. The van der Waals surface area contributed by atoms with E-state index >= 15 is 0 Å². The summed E-state index contributed by atoms with van der Waals surface area (Å²) in [6, 6.07) is 2.37. The number of rotatable bonds is 2. The predicted molar refractivity (Wildman–Crippen MR) is 66.6 cm³/mol. The summed E-state index contributed by atoms with van der Waals surface area (Å²) in [6.45, 7) is 4.64. The molecule has 1 heterocycles. The van der Waals surface area contributed by atoms with Crippen molar-refractivity contribution in [2.24, 2.45) is 11.8 Å². The summed E-state index contributed by atoms with van der Waals surface area (Å²) in [6.07, 6.45) is 5.55. The van der Waals surface area contributed by atoms with Crippen molar-refractivity contribution in [1.82, 2.24) is 10.2 Å². The van der Waals surface area contributed by atoms with E-state index in [1.165, 1.54) is 19.3 Å². The van der Waals surface area contributed by atoms with Gasteiger partial charge in [0, 0.05) is 12.1 Å². The van der Waals surface area contributed by atoms with Gasteiger partial charge in [0.1, 0.15) is 0 Å². The van der Waals surface area contributed by atoms with E-state index in [0.717, 1.165) is 11.6 Å². The highest BCUT2D eigenvalue weighted by atomic mass is 35.5. The van der Waals surface area contributed by atoms with Gasteiger partial charge >= 0.3 is 0 Å². The van der Waals surface area contributed by atoms with Gasteiger partial charge in [-0.05, 0) is 31.1 Å². The molecule has 0 amide bonds. The van der Waals surface area contributed by atoms with Gasteiger partial charge in [-0.25, -0.2) is 0 Å². The van der Waals surface area contributed by atoms with Crippen molar-refractivity contribution in [3.8, 4) is 0 Å². The van der Waals surface area contributed by atoms with Crippen LogP contribution in [0.25, 0.3) is 0 Å². The van der Waals surface area contributed by atoms with Crippen LogP contribution in [0.3, 0.4) is 0 Å². The van der Waals surface area contributed by atoms with Gasteiger partial charge in [0.2, 0.25) is 0 Å². The zero-order valence-electron chi connectivity index (χ0n) is 9.78. The maximum absolute atomic E-state index is 5.81. The van der Waals surface area contributed by atoms with Crippen LogP contribution < -0.4 is 5.32 Å². The van der Waals surface area contributed by atoms with Crippen LogP contribution in [0.2, 0.25) is 5.15 Å². The lowest BCUT2D eigenvalue weighted by Gasteiger charge is -2.33. The molecule has 1 aliphatic rings. The van der Waals surface area contributed by atoms with Crippen LogP contribution in [0.1, 0.15) is 33.1 Å². The Morgan fingerprint density at radius 2 is 2.19 bits per heavy atom. The molecular formula is C12H18ClN3. The second-order valence-electron chi connectivity index (χ2n) is 4.91. The fraction of sp³-hybridized carbons (Fsp3) is 0.667.